The summed E-state index contributed by atoms with van der Waals surface area (Å²) in [5.74, 6) is 1.50. The fraction of sp³-hybridized carbons (Fsp3) is 0.471. The SMILES string of the molecule is CCC(=O)C1=C(c2ccc(Cl)c(Cl)c2)CC2CCC1C2. The van der Waals surface area contributed by atoms with Gasteiger partial charge in [-0.3, -0.25) is 4.79 Å². The highest BCUT2D eigenvalue weighted by molar-refractivity contribution is 6.42. The second kappa shape index (κ2) is 5.54. The number of ketones is 1. The molecule has 1 fully saturated rings. The average Bonchev–Trinajstić information content (AvgIpc) is 2.82. The summed E-state index contributed by atoms with van der Waals surface area (Å²) in [5.41, 5.74) is 3.36. The van der Waals surface area contributed by atoms with E-state index in [1.165, 1.54) is 18.4 Å². The number of fused-ring (bicyclic) bond motifs is 2. The number of rotatable bonds is 3. The highest BCUT2D eigenvalue weighted by Gasteiger charge is 2.37. The van der Waals surface area contributed by atoms with Gasteiger partial charge in [0.15, 0.2) is 5.78 Å². The van der Waals surface area contributed by atoms with E-state index in [0.29, 0.717) is 28.2 Å². The minimum atomic E-state index is 0.302. The van der Waals surface area contributed by atoms with Gasteiger partial charge >= 0.3 is 0 Å². The van der Waals surface area contributed by atoms with Crippen molar-refractivity contribution in [3.8, 4) is 0 Å². The molecular weight excluding hydrogens is 291 g/mol. The van der Waals surface area contributed by atoms with Crippen LogP contribution in [0.2, 0.25) is 10.0 Å². The summed E-state index contributed by atoms with van der Waals surface area (Å²) in [5, 5.41) is 1.14. The maximum absolute atomic E-state index is 12.4. The molecular formula is C17H18Cl2O. The molecule has 0 amide bonds. The van der Waals surface area contributed by atoms with Gasteiger partial charge in [-0.15, -0.1) is 0 Å². The molecule has 3 rings (SSSR count). The Hall–Kier alpha value is -0.790. The van der Waals surface area contributed by atoms with Crippen LogP contribution in [0.25, 0.3) is 5.57 Å². The summed E-state index contributed by atoms with van der Waals surface area (Å²) in [4.78, 5) is 12.4. The molecule has 1 aromatic carbocycles. The molecule has 20 heavy (non-hydrogen) atoms. The van der Waals surface area contributed by atoms with Crippen molar-refractivity contribution >= 4 is 34.6 Å². The Balaban J connectivity index is 2.10. The van der Waals surface area contributed by atoms with Gasteiger partial charge in [0.2, 0.25) is 0 Å². The lowest BCUT2D eigenvalue weighted by molar-refractivity contribution is -0.115. The molecule has 2 aliphatic carbocycles. The van der Waals surface area contributed by atoms with Crippen LogP contribution in [0, 0.1) is 11.8 Å². The van der Waals surface area contributed by atoms with Crippen molar-refractivity contribution in [1.29, 1.82) is 0 Å². The first kappa shape index (κ1) is 14.2. The van der Waals surface area contributed by atoms with Gasteiger partial charge in [0.05, 0.1) is 10.0 Å². The molecule has 0 radical (unpaired) electrons. The van der Waals surface area contributed by atoms with Crippen molar-refractivity contribution < 1.29 is 4.79 Å². The minimum Gasteiger partial charge on any atom is -0.295 e. The Morgan fingerprint density at radius 2 is 2.05 bits per heavy atom. The Labute approximate surface area is 130 Å². The second-order valence-electron chi connectivity index (χ2n) is 5.88. The average molecular weight is 309 g/mol. The zero-order valence-corrected chi connectivity index (χ0v) is 13.1. The largest absolute Gasteiger partial charge is 0.295 e. The van der Waals surface area contributed by atoms with E-state index >= 15 is 0 Å². The van der Waals surface area contributed by atoms with Gasteiger partial charge in [-0.2, -0.15) is 0 Å². The van der Waals surface area contributed by atoms with Gasteiger partial charge in [-0.05, 0) is 60.8 Å². The fourth-order valence-electron chi connectivity index (χ4n) is 3.71. The molecule has 1 nitrogen and oxygen atoms in total. The maximum atomic E-state index is 12.4. The molecule has 0 spiro atoms. The number of benzene rings is 1. The van der Waals surface area contributed by atoms with Crippen molar-refractivity contribution in [2.75, 3.05) is 0 Å². The van der Waals surface area contributed by atoms with E-state index in [4.69, 9.17) is 23.2 Å². The van der Waals surface area contributed by atoms with Gasteiger partial charge in [-0.25, -0.2) is 0 Å². The van der Waals surface area contributed by atoms with Crippen molar-refractivity contribution in [3.05, 3.63) is 39.4 Å². The van der Waals surface area contributed by atoms with Crippen molar-refractivity contribution in [2.24, 2.45) is 11.8 Å². The van der Waals surface area contributed by atoms with Crippen LogP contribution >= 0.6 is 23.2 Å². The summed E-state index contributed by atoms with van der Waals surface area (Å²) in [6.07, 6.45) is 5.19. The first-order valence-electron chi connectivity index (χ1n) is 7.31. The molecule has 1 aromatic rings. The molecule has 0 aliphatic heterocycles. The number of carbonyl (C=O) groups is 1. The fourth-order valence-corrected chi connectivity index (χ4v) is 4.01. The second-order valence-corrected chi connectivity index (χ2v) is 6.69. The number of hydrogen-bond donors (Lipinski definition) is 0. The topological polar surface area (TPSA) is 17.1 Å². The van der Waals surface area contributed by atoms with E-state index in [9.17, 15) is 4.79 Å². The highest BCUT2D eigenvalue weighted by atomic mass is 35.5. The van der Waals surface area contributed by atoms with Crippen molar-refractivity contribution in [2.45, 2.75) is 39.0 Å². The van der Waals surface area contributed by atoms with Gasteiger partial charge in [0, 0.05) is 12.0 Å². The summed E-state index contributed by atoms with van der Waals surface area (Å²) in [6.45, 7) is 1.95. The molecule has 106 valence electrons. The number of halogens is 2. The predicted octanol–water partition coefficient (Wildman–Crippen LogP) is 5.55. The quantitative estimate of drug-likeness (QED) is 0.716. The van der Waals surface area contributed by atoms with E-state index in [0.717, 1.165) is 29.9 Å². The lowest BCUT2D eigenvalue weighted by Crippen LogP contribution is -2.17. The Morgan fingerprint density at radius 3 is 2.75 bits per heavy atom. The Morgan fingerprint density at radius 1 is 1.25 bits per heavy atom. The predicted molar refractivity (Wildman–Crippen MR) is 84.1 cm³/mol. The van der Waals surface area contributed by atoms with E-state index in [-0.39, 0.29) is 0 Å². The van der Waals surface area contributed by atoms with Crippen LogP contribution in [0.1, 0.15) is 44.6 Å². The van der Waals surface area contributed by atoms with Crippen LogP contribution < -0.4 is 0 Å². The van der Waals surface area contributed by atoms with Gasteiger partial charge in [0.1, 0.15) is 0 Å². The van der Waals surface area contributed by atoms with Crippen LogP contribution in [0.3, 0.4) is 0 Å². The van der Waals surface area contributed by atoms with Crippen molar-refractivity contribution in [1.82, 2.24) is 0 Å². The zero-order valence-electron chi connectivity index (χ0n) is 11.6. The molecule has 3 heteroatoms. The van der Waals surface area contributed by atoms with Gasteiger partial charge in [-0.1, -0.05) is 36.2 Å². The molecule has 2 unspecified atom stereocenters. The van der Waals surface area contributed by atoms with Gasteiger partial charge < -0.3 is 0 Å². The molecule has 0 N–H and O–H groups in total. The third kappa shape index (κ3) is 2.42. The number of carbonyl (C=O) groups excluding carboxylic acids is 1. The molecule has 0 saturated heterocycles. The first-order chi connectivity index (χ1) is 9.60. The Bertz CT molecular complexity index is 589. The van der Waals surface area contributed by atoms with Crippen LogP contribution in [-0.4, -0.2) is 5.78 Å². The monoisotopic (exact) mass is 308 g/mol. The highest BCUT2D eigenvalue weighted by Crippen LogP contribution is 2.49. The maximum Gasteiger partial charge on any atom is 0.159 e. The molecule has 1 saturated carbocycles. The minimum absolute atomic E-state index is 0.302. The lowest BCUT2D eigenvalue weighted by atomic mass is 9.78. The molecule has 0 aromatic heterocycles. The standard InChI is InChI=1S/C17H18Cl2O/c1-2-16(20)17-12-4-3-10(7-12)8-13(17)11-5-6-14(18)15(19)9-11/h5-6,9-10,12H,2-4,7-8H2,1H3. The van der Waals surface area contributed by atoms with Crippen LogP contribution in [0.4, 0.5) is 0 Å². The van der Waals surface area contributed by atoms with E-state index in [2.05, 4.69) is 0 Å². The first-order valence-corrected chi connectivity index (χ1v) is 8.07. The number of allylic oxidation sites excluding steroid dienone is 2. The lowest BCUT2D eigenvalue weighted by Gasteiger charge is -2.26. The zero-order chi connectivity index (χ0) is 14.3. The molecule has 2 atom stereocenters. The summed E-state index contributed by atoms with van der Waals surface area (Å²) in [6, 6.07) is 5.74. The van der Waals surface area contributed by atoms with Crippen LogP contribution in [0.15, 0.2) is 23.8 Å². The smallest absolute Gasteiger partial charge is 0.159 e. The van der Waals surface area contributed by atoms with E-state index < -0.39 is 0 Å². The van der Waals surface area contributed by atoms with Gasteiger partial charge in [0.25, 0.3) is 0 Å². The molecule has 2 bridgehead atoms. The third-order valence-corrected chi connectivity index (χ3v) is 5.40. The number of Topliss-reactive ketones (excluding diaryl/α,β-unsaturated/α-hetero) is 1. The van der Waals surface area contributed by atoms with E-state index in [1.54, 1.807) is 0 Å². The van der Waals surface area contributed by atoms with Crippen molar-refractivity contribution in [3.63, 3.8) is 0 Å². The summed E-state index contributed by atoms with van der Waals surface area (Å²) >= 11 is 12.1. The van der Waals surface area contributed by atoms with Crippen LogP contribution in [-0.2, 0) is 4.79 Å². The van der Waals surface area contributed by atoms with E-state index in [1.807, 2.05) is 25.1 Å². The van der Waals surface area contributed by atoms with Crippen LogP contribution in [0.5, 0.6) is 0 Å². The number of hydrogen-bond acceptors (Lipinski definition) is 1. The summed E-state index contributed by atoms with van der Waals surface area (Å²) < 4.78 is 0. The normalized spacial score (nSPS) is 25.1. The molecule has 0 heterocycles. The summed E-state index contributed by atoms with van der Waals surface area (Å²) in [7, 11) is 0. The third-order valence-electron chi connectivity index (χ3n) is 4.66. The Kier molecular flexibility index (Phi) is 3.92. The molecule has 2 aliphatic rings.